The minimum absolute atomic E-state index is 0.125. The van der Waals surface area contributed by atoms with Crippen LogP contribution in [0.1, 0.15) is 38.3 Å². The largest absolute Gasteiger partial charge is 0.352 e. The molecule has 1 aliphatic heterocycles. The third-order valence-corrected chi connectivity index (χ3v) is 7.38. The summed E-state index contributed by atoms with van der Waals surface area (Å²) >= 11 is 0. The molecule has 1 aromatic carbocycles. The van der Waals surface area contributed by atoms with E-state index in [-0.39, 0.29) is 29.3 Å². The van der Waals surface area contributed by atoms with E-state index < -0.39 is 10.0 Å². The van der Waals surface area contributed by atoms with Gasteiger partial charge in [0.2, 0.25) is 15.9 Å². The predicted molar refractivity (Wildman–Crippen MR) is 115 cm³/mol. The molecule has 1 aliphatic rings. The van der Waals surface area contributed by atoms with E-state index in [0.29, 0.717) is 31.4 Å². The highest BCUT2D eigenvalue weighted by atomic mass is 32.2. The number of aromatic nitrogens is 4. The monoisotopic (exact) mass is 442 g/mol. The first kappa shape index (κ1) is 21.4. The number of hydrogen-bond donors (Lipinski definition) is 1. The number of fused-ring (bicyclic) bond motifs is 1. The van der Waals surface area contributed by atoms with Crippen molar-refractivity contribution in [1.29, 1.82) is 0 Å². The van der Waals surface area contributed by atoms with Crippen molar-refractivity contribution in [2.45, 2.75) is 44.2 Å². The standard InChI is InChI=1S/C21H26N6O3S/c1-15(2)27-20-8-7-18(11-19(20)24-25-27)31(29,30)26-10-4-6-17(14-26)21(28)23-13-16-5-3-9-22-12-16/h3,5,7-9,11-12,15,17H,4,6,10,13-14H2,1-2H3,(H,23,28)/t17-/m0/s1. The van der Waals surface area contributed by atoms with Crippen LogP contribution in [-0.2, 0) is 21.4 Å². The number of nitrogens with zero attached hydrogens (tertiary/aromatic N) is 5. The zero-order valence-corrected chi connectivity index (χ0v) is 18.4. The number of hydrogen-bond acceptors (Lipinski definition) is 6. The van der Waals surface area contributed by atoms with Gasteiger partial charge in [-0.15, -0.1) is 5.10 Å². The molecule has 1 atom stereocenters. The molecule has 0 bridgehead atoms. The van der Waals surface area contributed by atoms with Crippen molar-refractivity contribution in [3.8, 4) is 0 Å². The van der Waals surface area contributed by atoms with Crippen LogP contribution in [0, 0.1) is 5.92 Å². The van der Waals surface area contributed by atoms with E-state index in [1.54, 1.807) is 35.3 Å². The number of pyridine rings is 1. The topological polar surface area (TPSA) is 110 Å². The smallest absolute Gasteiger partial charge is 0.243 e. The molecule has 2 aromatic heterocycles. The summed E-state index contributed by atoms with van der Waals surface area (Å²) in [6.45, 7) is 4.92. The van der Waals surface area contributed by atoms with Crippen molar-refractivity contribution in [3.63, 3.8) is 0 Å². The van der Waals surface area contributed by atoms with Crippen LogP contribution in [0.2, 0.25) is 0 Å². The van der Waals surface area contributed by atoms with Crippen LogP contribution in [0.15, 0.2) is 47.6 Å². The van der Waals surface area contributed by atoms with Crippen molar-refractivity contribution < 1.29 is 13.2 Å². The SMILES string of the molecule is CC(C)n1nnc2cc(S(=O)(=O)N3CCC[C@H](C(=O)NCc4cccnc4)C3)ccc21. The summed E-state index contributed by atoms with van der Waals surface area (Å²) in [6, 6.07) is 8.71. The fourth-order valence-corrected chi connectivity index (χ4v) is 5.37. The minimum atomic E-state index is -3.73. The lowest BCUT2D eigenvalue weighted by atomic mass is 9.99. The number of nitrogens with one attached hydrogen (secondary N) is 1. The zero-order valence-electron chi connectivity index (χ0n) is 17.6. The van der Waals surface area contributed by atoms with Gasteiger partial charge in [-0.05, 0) is 56.5 Å². The molecular formula is C21H26N6O3S. The van der Waals surface area contributed by atoms with E-state index in [4.69, 9.17) is 0 Å². The van der Waals surface area contributed by atoms with Gasteiger partial charge >= 0.3 is 0 Å². The summed E-state index contributed by atoms with van der Waals surface area (Å²) in [5.41, 5.74) is 2.23. The first-order valence-electron chi connectivity index (χ1n) is 10.4. The summed E-state index contributed by atoms with van der Waals surface area (Å²) < 4.78 is 29.7. The van der Waals surface area contributed by atoms with Crippen molar-refractivity contribution in [1.82, 2.24) is 29.6 Å². The molecule has 1 fully saturated rings. The first-order chi connectivity index (χ1) is 14.9. The van der Waals surface area contributed by atoms with Crippen LogP contribution in [0.4, 0.5) is 0 Å². The third kappa shape index (κ3) is 4.45. The maximum absolute atomic E-state index is 13.3. The van der Waals surface area contributed by atoms with Crippen molar-refractivity contribution in [2.24, 2.45) is 5.92 Å². The van der Waals surface area contributed by atoms with Crippen LogP contribution in [0.5, 0.6) is 0 Å². The number of rotatable bonds is 6. The molecule has 1 saturated heterocycles. The van der Waals surface area contributed by atoms with Gasteiger partial charge in [-0.1, -0.05) is 11.3 Å². The van der Waals surface area contributed by atoms with E-state index in [1.165, 1.54) is 4.31 Å². The highest BCUT2D eigenvalue weighted by molar-refractivity contribution is 7.89. The van der Waals surface area contributed by atoms with Gasteiger partial charge in [0.25, 0.3) is 0 Å². The van der Waals surface area contributed by atoms with Gasteiger partial charge < -0.3 is 5.32 Å². The lowest BCUT2D eigenvalue weighted by Crippen LogP contribution is -2.45. The first-order valence-corrected chi connectivity index (χ1v) is 11.8. The van der Waals surface area contributed by atoms with Crippen LogP contribution in [0.25, 0.3) is 11.0 Å². The summed E-state index contributed by atoms with van der Waals surface area (Å²) in [5.74, 6) is -0.523. The molecule has 0 aliphatic carbocycles. The van der Waals surface area contributed by atoms with Gasteiger partial charge in [0.15, 0.2) is 0 Å². The fourth-order valence-electron chi connectivity index (χ4n) is 3.82. The van der Waals surface area contributed by atoms with Gasteiger partial charge in [-0.2, -0.15) is 4.31 Å². The second kappa shape index (κ2) is 8.72. The Hall–Kier alpha value is -2.85. The van der Waals surface area contributed by atoms with Crippen molar-refractivity contribution >= 4 is 27.0 Å². The van der Waals surface area contributed by atoms with E-state index in [9.17, 15) is 13.2 Å². The van der Waals surface area contributed by atoms with Gasteiger partial charge in [-0.25, -0.2) is 13.1 Å². The van der Waals surface area contributed by atoms with Gasteiger partial charge in [0, 0.05) is 38.1 Å². The number of carbonyl (C=O) groups excluding carboxylic acids is 1. The van der Waals surface area contributed by atoms with Gasteiger partial charge in [0.1, 0.15) is 5.52 Å². The summed E-state index contributed by atoms with van der Waals surface area (Å²) in [7, 11) is -3.73. The average molecular weight is 443 g/mol. The molecular weight excluding hydrogens is 416 g/mol. The Bertz CT molecular complexity index is 1180. The highest BCUT2D eigenvalue weighted by Gasteiger charge is 2.33. The molecule has 164 valence electrons. The Morgan fingerprint density at radius 3 is 2.87 bits per heavy atom. The summed E-state index contributed by atoms with van der Waals surface area (Å²) in [6.07, 6.45) is 4.67. The van der Waals surface area contributed by atoms with Crippen molar-refractivity contribution in [3.05, 3.63) is 48.3 Å². The van der Waals surface area contributed by atoms with E-state index in [2.05, 4.69) is 20.6 Å². The number of amides is 1. The van der Waals surface area contributed by atoms with Crippen LogP contribution in [0.3, 0.4) is 0 Å². The number of sulfonamides is 1. The minimum Gasteiger partial charge on any atom is -0.352 e. The average Bonchev–Trinajstić information content (AvgIpc) is 3.22. The maximum Gasteiger partial charge on any atom is 0.243 e. The third-order valence-electron chi connectivity index (χ3n) is 5.51. The lowest BCUT2D eigenvalue weighted by molar-refractivity contribution is -0.126. The fraction of sp³-hybridized carbons (Fsp3) is 0.429. The number of piperidine rings is 1. The Kier molecular flexibility index (Phi) is 6.01. The Morgan fingerprint density at radius 1 is 1.29 bits per heavy atom. The molecule has 31 heavy (non-hydrogen) atoms. The van der Waals surface area contributed by atoms with Gasteiger partial charge in [0.05, 0.1) is 16.3 Å². The Balaban J connectivity index is 1.48. The molecule has 0 saturated carbocycles. The number of carbonyl (C=O) groups is 1. The molecule has 0 radical (unpaired) electrons. The van der Waals surface area contributed by atoms with Crippen molar-refractivity contribution in [2.75, 3.05) is 13.1 Å². The van der Waals surface area contributed by atoms with E-state index in [1.807, 2.05) is 26.0 Å². The zero-order chi connectivity index (χ0) is 22.0. The van der Waals surface area contributed by atoms with Crippen LogP contribution < -0.4 is 5.32 Å². The summed E-state index contributed by atoms with van der Waals surface area (Å²) in [5, 5.41) is 11.1. The second-order valence-corrected chi connectivity index (χ2v) is 10.00. The molecule has 1 N–H and O–H groups in total. The predicted octanol–water partition coefficient (Wildman–Crippen LogP) is 2.12. The molecule has 4 rings (SSSR count). The molecule has 3 heterocycles. The molecule has 10 heteroatoms. The second-order valence-electron chi connectivity index (χ2n) is 8.06. The molecule has 3 aromatic rings. The normalized spacial score (nSPS) is 17.8. The van der Waals surface area contributed by atoms with Crippen LogP contribution >= 0.6 is 0 Å². The maximum atomic E-state index is 13.3. The molecule has 0 unspecified atom stereocenters. The van der Waals surface area contributed by atoms with E-state index >= 15 is 0 Å². The number of benzene rings is 1. The Morgan fingerprint density at radius 2 is 2.13 bits per heavy atom. The molecule has 1 amide bonds. The quantitative estimate of drug-likeness (QED) is 0.626. The Labute approximate surface area is 181 Å². The van der Waals surface area contributed by atoms with Crippen LogP contribution in [-0.4, -0.2) is 51.7 Å². The van der Waals surface area contributed by atoms with Gasteiger partial charge in [-0.3, -0.25) is 9.78 Å². The lowest BCUT2D eigenvalue weighted by Gasteiger charge is -2.31. The molecule has 9 nitrogen and oxygen atoms in total. The molecule has 0 spiro atoms. The highest BCUT2D eigenvalue weighted by Crippen LogP contribution is 2.26. The van der Waals surface area contributed by atoms with E-state index in [0.717, 1.165) is 11.1 Å². The summed E-state index contributed by atoms with van der Waals surface area (Å²) in [4.78, 5) is 16.9.